The lowest BCUT2D eigenvalue weighted by Crippen LogP contribution is -3.05. The van der Waals surface area contributed by atoms with Gasteiger partial charge in [0.25, 0.3) is 5.91 Å². The summed E-state index contributed by atoms with van der Waals surface area (Å²) in [6, 6.07) is 6.90. The second kappa shape index (κ2) is 10.1. The molecule has 0 aliphatic heterocycles. The fourth-order valence-corrected chi connectivity index (χ4v) is 1.69. The van der Waals surface area contributed by atoms with Crippen molar-refractivity contribution in [1.82, 2.24) is 10.3 Å². The molecule has 0 unspecified atom stereocenters. The van der Waals surface area contributed by atoms with Crippen molar-refractivity contribution in [3.8, 4) is 16.9 Å². The molecule has 1 aromatic carbocycles. The van der Waals surface area contributed by atoms with E-state index in [0.717, 1.165) is 0 Å². The number of hydrogen-bond acceptors (Lipinski definition) is 5. The Morgan fingerprint density at radius 3 is 2.42 bits per heavy atom. The van der Waals surface area contributed by atoms with Crippen LogP contribution in [0.4, 0.5) is 4.39 Å². The summed E-state index contributed by atoms with van der Waals surface area (Å²) in [5.74, 6) is -3.18. The molecule has 1 amide bonds. The molecule has 0 spiro atoms. The second-order valence-electron chi connectivity index (χ2n) is 5.72. The number of quaternary nitrogens is 1. The van der Waals surface area contributed by atoms with Gasteiger partial charge in [0.1, 0.15) is 11.6 Å². The van der Waals surface area contributed by atoms with Crippen LogP contribution in [-0.4, -0.2) is 49.2 Å². The number of aromatic hydroxyl groups is 1. The molecule has 0 fully saturated rings. The molecule has 0 aliphatic carbocycles. The molecular weight excluding hydrogens is 341 g/mol. The van der Waals surface area contributed by atoms with Crippen molar-refractivity contribution in [1.29, 1.82) is 0 Å². The average Bonchev–Trinajstić information content (AvgIpc) is 2.60. The van der Waals surface area contributed by atoms with Gasteiger partial charge in [-0.2, -0.15) is 0 Å². The summed E-state index contributed by atoms with van der Waals surface area (Å²) in [5.41, 5.74) is 0.583. The van der Waals surface area contributed by atoms with E-state index in [2.05, 4.69) is 26.0 Å². The maximum atomic E-state index is 13.1. The van der Waals surface area contributed by atoms with Crippen LogP contribution in [-0.2, 0) is 4.79 Å². The van der Waals surface area contributed by atoms with Gasteiger partial charge in [-0.1, -0.05) is 12.1 Å². The number of carbonyl (C=O) groups is 2. The lowest BCUT2D eigenvalue weighted by molar-refractivity contribution is -0.856. The highest BCUT2D eigenvalue weighted by Gasteiger charge is 2.14. The highest BCUT2D eigenvalue weighted by Crippen LogP contribution is 2.25. The van der Waals surface area contributed by atoms with Crippen molar-refractivity contribution in [3.63, 3.8) is 0 Å². The van der Waals surface area contributed by atoms with Gasteiger partial charge in [-0.05, 0) is 30.7 Å². The first kappa shape index (κ1) is 21.0. The Balaban J connectivity index is 0.000000597. The Morgan fingerprint density at radius 1 is 1.27 bits per heavy atom. The standard InChI is InChI=1S/C14H11FN2O4.C4H11N/c15-10-3-1-2-8(4-10)9-5-11(18)13(16-6-9)14(21)17-7-12(19)20;1-4-5(2)3/h1-6,18H,7H2,(H,17,21)(H,19,20);4H2,1-3H3. The molecule has 1 heterocycles. The minimum Gasteiger partial charge on any atom is -0.548 e. The van der Waals surface area contributed by atoms with E-state index < -0.39 is 30.0 Å². The first-order valence-electron chi connectivity index (χ1n) is 7.96. The molecule has 0 saturated heterocycles. The van der Waals surface area contributed by atoms with E-state index in [9.17, 15) is 24.2 Å². The third-order valence-electron chi connectivity index (χ3n) is 3.34. The van der Waals surface area contributed by atoms with Crippen molar-refractivity contribution >= 4 is 11.9 Å². The number of carbonyl (C=O) groups excluding carboxylic acids is 2. The van der Waals surface area contributed by atoms with Crippen molar-refractivity contribution in [3.05, 3.63) is 48.0 Å². The number of benzene rings is 1. The Hall–Kier alpha value is -3.00. The van der Waals surface area contributed by atoms with E-state index in [1.54, 1.807) is 6.07 Å². The van der Waals surface area contributed by atoms with Crippen LogP contribution in [0, 0.1) is 5.82 Å². The van der Waals surface area contributed by atoms with Gasteiger partial charge in [-0.15, -0.1) is 0 Å². The summed E-state index contributed by atoms with van der Waals surface area (Å²) < 4.78 is 13.1. The van der Waals surface area contributed by atoms with Gasteiger partial charge in [0, 0.05) is 11.8 Å². The normalized spacial score (nSPS) is 10.0. The fraction of sp³-hybridized carbons (Fsp3) is 0.278. The fourth-order valence-electron chi connectivity index (χ4n) is 1.69. The maximum Gasteiger partial charge on any atom is 0.274 e. The highest BCUT2D eigenvalue weighted by atomic mass is 19.1. The molecule has 0 saturated carbocycles. The molecule has 8 heteroatoms. The number of halogens is 1. The average molecular weight is 363 g/mol. The number of pyridine rings is 1. The van der Waals surface area contributed by atoms with E-state index in [1.807, 2.05) is 5.32 Å². The number of nitrogens with one attached hydrogen (secondary N) is 2. The molecule has 2 rings (SSSR count). The van der Waals surface area contributed by atoms with Crippen LogP contribution < -0.4 is 15.3 Å². The number of hydrogen-bond donors (Lipinski definition) is 3. The third-order valence-corrected chi connectivity index (χ3v) is 3.34. The predicted molar refractivity (Wildman–Crippen MR) is 92.0 cm³/mol. The Labute approximate surface area is 151 Å². The van der Waals surface area contributed by atoms with E-state index in [4.69, 9.17) is 0 Å². The summed E-state index contributed by atoms with van der Waals surface area (Å²) in [4.78, 5) is 27.1. The molecule has 26 heavy (non-hydrogen) atoms. The van der Waals surface area contributed by atoms with Gasteiger partial charge in [0.2, 0.25) is 0 Å². The molecule has 0 radical (unpaired) electrons. The number of amides is 1. The van der Waals surface area contributed by atoms with Crippen LogP contribution in [0.5, 0.6) is 5.75 Å². The Morgan fingerprint density at radius 2 is 1.92 bits per heavy atom. The monoisotopic (exact) mass is 363 g/mol. The number of rotatable bonds is 5. The number of carboxylic acids is 1. The van der Waals surface area contributed by atoms with Gasteiger partial charge < -0.3 is 25.2 Å². The van der Waals surface area contributed by atoms with E-state index >= 15 is 0 Å². The molecule has 0 bridgehead atoms. The number of aromatic nitrogens is 1. The molecule has 0 atom stereocenters. The molecule has 3 N–H and O–H groups in total. The maximum absolute atomic E-state index is 13.1. The van der Waals surface area contributed by atoms with Crippen LogP contribution in [0.15, 0.2) is 36.5 Å². The van der Waals surface area contributed by atoms with Crippen molar-refractivity contribution in [2.24, 2.45) is 0 Å². The topological polar surface area (TPSA) is 107 Å². The van der Waals surface area contributed by atoms with Gasteiger partial charge in [0.05, 0.1) is 33.2 Å². The molecule has 2 aromatic rings. The predicted octanol–water partition coefficient (Wildman–Crippen LogP) is -0.776. The zero-order chi connectivity index (χ0) is 19.7. The zero-order valence-electron chi connectivity index (χ0n) is 14.9. The number of nitrogens with zero attached hydrogens (tertiary/aromatic N) is 1. The lowest BCUT2D eigenvalue weighted by atomic mass is 10.1. The van der Waals surface area contributed by atoms with Crippen molar-refractivity contribution < 1.29 is 29.1 Å². The summed E-state index contributed by atoms with van der Waals surface area (Å²) in [6.07, 6.45) is 1.28. The SMILES string of the molecule is CC[NH+](C)C.O=C([O-])CNC(=O)c1ncc(-c2cccc(F)c2)cc1O. The molecule has 0 aliphatic rings. The summed E-state index contributed by atoms with van der Waals surface area (Å²) >= 11 is 0. The minimum atomic E-state index is -1.46. The highest BCUT2D eigenvalue weighted by molar-refractivity contribution is 5.96. The summed E-state index contributed by atoms with van der Waals surface area (Å²) in [5, 5.41) is 22.0. The van der Waals surface area contributed by atoms with Gasteiger partial charge in [0.15, 0.2) is 5.69 Å². The summed E-state index contributed by atoms with van der Waals surface area (Å²) in [6.45, 7) is 2.70. The van der Waals surface area contributed by atoms with Gasteiger partial charge in [-0.3, -0.25) is 4.79 Å². The minimum absolute atomic E-state index is 0.323. The molecule has 140 valence electrons. The third kappa shape index (κ3) is 6.86. The van der Waals surface area contributed by atoms with Gasteiger partial charge >= 0.3 is 0 Å². The zero-order valence-corrected chi connectivity index (χ0v) is 14.9. The molecule has 1 aromatic heterocycles. The van der Waals surface area contributed by atoms with Crippen LogP contribution in [0.3, 0.4) is 0 Å². The molecule has 7 nitrogen and oxygen atoms in total. The summed E-state index contributed by atoms with van der Waals surface area (Å²) in [7, 11) is 4.28. The van der Waals surface area contributed by atoms with Crippen molar-refractivity contribution in [2.75, 3.05) is 27.2 Å². The largest absolute Gasteiger partial charge is 0.548 e. The number of aliphatic carboxylic acids is 1. The van der Waals surface area contributed by atoms with Crippen molar-refractivity contribution in [2.45, 2.75) is 6.92 Å². The first-order valence-corrected chi connectivity index (χ1v) is 7.96. The van der Waals surface area contributed by atoms with Crippen LogP contribution in [0.1, 0.15) is 17.4 Å². The number of carboxylic acid groups (broad SMARTS) is 1. The lowest BCUT2D eigenvalue weighted by Gasteiger charge is -2.08. The second-order valence-corrected chi connectivity index (χ2v) is 5.72. The van der Waals surface area contributed by atoms with E-state index in [1.165, 1.54) is 41.9 Å². The smallest absolute Gasteiger partial charge is 0.274 e. The quantitative estimate of drug-likeness (QED) is 0.646. The van der Waals surface area contributed by atoms with Crippen LogP contribution in [0.2, 0.25) is 0 Å². The van der Waals surface area contributed by atoms with Crippen LogP contribution in [0.25, 0.3) is 11.1 Å². The van der Waals surface area contributed by atoms with E-state index in [0.29, 0.717) is 11.1 Å². The van der Waals surface area contributed by atoms with Gasteiger partial charge in [-0.25, -0.2) is 9.37 Å². The Kier molecular flexibility index (Phi) is 8.17. The Bertz CT molecular complexity index is 766. The first-order chi connectivity index (χ1) is 12.2. The van der Waals surface area contributed by atoms with E-state index in [-0.39, 0.29) is 5.69 Å². The van der Waals surface area contributed by atoms with Crippen LogP contribution >= 0.6 is 0 Å². The molecular formula is C18H22FN3O4.